The van der Waals surface area contributed by atoms with E-state index in [1.165, 1.54) is 0 Å². The molecule has 3 heteroatoms. The van der Waals surface area contributed by atoms with Crippen LogP contribution in [0.4, 0.5) is 0 Å². The van der Waals surface area contributed by atoms with Gasteiger partial charge in [0.25, 0.3) is 0 Å². The van der Waals surface area contributed by atoms with Crippen molar-refractivity contribution in [3.8, 4) is 0 Å². The smallest absolute Gasteiger partial charge is 0.306 e. The molecule has 0 saturated carbocycles. The van der Waals surface area contributed by atoms with Crippen molar-refractivity contribution in [2.75, 3.05) is 13.2 Å². The summed E-state index contributed by atoms with van der Waals surface area (Å²) in [4.78, 5) is 11.9. The van der Waals surface area contributed by atoms with E-state index in [0.717, 1.165) is 23.1 Å². The lowest BCUT2D eigenvalue weighted by atomic mass is 10.0. The Morgan fingerprint density at radius 1 is 1.33 bits per heavy atom. The molecule has 1 aromatic rings. The van der Waals surface area contributed by atoms with E-state index in [9.17, 15) is 4.79 Å². The van der Waals surface area contributed by atoms with Gasteiger partial charge in [0.05, 0.1) is 6.61 Å². The Bertz CT molecular complexity index is 465. The highest BCUT2D eigenvalue weighted by atomic mass is 16.6. The molecule has 0 aliphatic heterocycles. The molecule has 3 nitrogen and oxygen atoms in total. The minimum Gasteiger partial charge on any atom is -0.460 e. The molecule has 0 aliphatic carbocycles. The molecule has 0 heterocycles. The minimum atomic E-state index is -0.165. The first kappa shape index (κ1) is 17.4. The molecule has 0 aromatic heterocycles. The fourth-order valence-electron chi connectivity index (χ4n) is 1.97. The molecule has 21 heavy (non-hydrogen) atoms. The largest absolute Gasteiger partial charge is 0.460 e. The predicted molar refractivity (Wildman–Crippen MR) is 86.1 cm³/mol. The zero-order valence-electron chi connectivity index (χ0n) is 13.4. The van der Waals surface area contributed by atoms with Crippen LogP contribution in [0.15, 0.2) is 30.8 Å². The number of ether oxygens (including phenoxy) is 2. The maximum absolute atomic E-state index is 11.9. The number of benzene rings is 1. The third kappa shape index (κ3) is 6.58. The lowest BCUT2D eigenvalue weighted by molar-refractivity contribution is -0.152. The number of allylic oxidation sites excluding steroid dienone is 1. The molecular weight excluding hydrogens is 264 g/mol. The number of hydrogen-bond acceptors (Lipinski definition) is 3. The molecule has 1 aromatic carbocycles. The summed E-state index contributed by atoms with van der Waals surface area (Å²) >= 11 is 0. The maximum atomic E-state index is 11.9. The molecule has 116 valence electrons. The van der Waals surface area contributed by atoms with Crippen molar-refractivity contribution < 1.29 is 14.3 Å². The second kappa shape index (κ2) is 9.35. The quantitative estimate of drug-likeness (QED) is 0.645. The topological polar surface area (TPSA) is 35.5 Å². The van der Waals surface area contributed by atoms with E-state index in [1.54, 1.807) is 0 Å². The number of carbonyl (C=O) groups excluding carboxylic acids is 1. The summed E-state index contributed by atoms with van der Waals surface area (Å²) in [5.74, 6) is -0.165. The van der Waals surface area contributed by atoms with E-state index in [4.69, 9.17) is 9.47 Å². The summed E-state index contributed by atoms with van der Waals surface area (Å²) in [6.07, 6.45) is 1.71. The van der Waals surface area contributed by atoms with Crippen LogP contribution in [0.3, 0.4) is 0 Å². The molecular formula is C18H26O3. The van der Waals surface area contributed by atoms with Crippen LogP contribution in [-0.2, 0) is 20.7 Å². The first-order valence-corrected chi connectivity index (χ1v) is 7.58. The highest BCUT2D eigenvalue weighted by Gasteiger charge is 2.12. The molecule has 0 spiro atoms. The number of esters is 1. The van der Waals surface area contributed by atoms with Crippen LogP contribution >= 0.6 is 0 Å². The predicted octanol–water partition coefficient (Wildman–Crippen LogP) is 4.01. The third-order valence-corrected chi connectivity index (χ3v) is 3.30. The lowest BCUT2D eigenvalue weighted by Gasteiger charge is -2.16. The monoisotopic (exact) mass is 290 g/mol. The fraction of sp³-hybridized carbons (Fsp3) is 0.500. The standard InChI is InChI=1S/C18H26O3/c1-5-17(13-20-6-2)21-18(19)11-10-15-8-7-9-16(12-15)14(3)4/h7-9,12,17H,3,5-6,10-11,13H2,1-2,4H3. The van der Waals surface area contributed by atoms with E-state index in [0.29, 0.717) is 26.1 Å². The van der Waals surface area contributed by atoms with Gasteiger partial charge < -0.3 is 9.47 Å². The van der Waals surface area contributed by atoms with Gasteiger partial charge in [0.1, 0.15) is 6.10 Å². The summed E-state index contributed by atoms with van der Waals surface area (Å²) in [6.45, 7) is 11.0. The summed E-state index contributed by atoms with van der Waals surface area (Å²) in [5.41, 5.74) is 3.27. The van der Waals surface area contributed by atoms with Gasteiger partial charge in [-0.25, -0.2) is 0 Å². The Balaban J connectivity index is 2.45. The average Bonchev–Trinajstić information content (AvgIpc) is 2.49. The van der Waals surface area contributed by atoms with Gasteiger partial charge in [-0.05, 0) is 37.8 Å². The number of aryl methyl sites for hydroxylation is 1. The van der Waals surface area contributed by atoms with Gasteiger partial charge >= 0.3 is 5.97 Å². The van der Waals surface area contributed by atoms with E-state index in [-0.39, 0.29) is 12.1 Å². The number of hydrogen-bond donors (Lipinski definition) is 0. The Hall–Kier alpha value is -1.61. The summed E-state index contributed by atoms with van der Waals surface area (Å²) in [7, 11) is 0. The van der Waals surface area contributed by atoms with Crippen LogP contribution in [-0.4, -0.2) is 25.3 Å². The second-order valence-electron chi connectivity index (χ2n) is 5.16. The minimum absolute atomic E-state index is 0.140. The van der Waals surface area contributed by atoms with Gasteiger partial charge in [-0.3, -0.25) is 4.79 Å². The molecule has 0 aliphatic rings. The molecule has 1 rings (SSSR count). The molecule has 0 N–H and O–H groups in total. The van der Waals surface area contributed by atoms with Gasteiger partial charge in [0, 0.05) is 13.0 Å². The van der Waals surface area contributed by atoms with Crippen molar-refractivity contribution in [3.63, 3.8) is 0 Å². The highest BCUT2D eigenvalue weighted by Crippen LogP contribution is 2.15. The molecule has 0 saturated heterocycles. The van der Waals surface area contributed by atoms with Crippen molar-refractivity contribution in [1.29, 1.82) is 0 Å². The lowest BCUT2D eigenvalue weighted by Crippen LogP contribution is -2.23. The van der Waals surface area contributed by atoms with E-state index in [2.05, 4.69) is 12.6 Å². The normalized spacial score (nSPS) is 12.0. The Labute approximate surface area is 128 Å². The molecule has 1 atom stereocenters. The highest BCUT2D eigenvalue weighted by molar-refractivity contribution is 5.70. The summed E-state index contributed by atoms with van der Waals surface area (Å²) in [5, 5.41) is 0. The Morgan fingerprint density at radius 2 is 2.10 bits per heavy atom. The van der Waals surface area contributed by atoms with E-state index >= 15 is 0 Å². The van der Waals surface area contributed by atoms with Crippen molar-refractivity contribution >= 4 is 11.5 Å². The fourth-order valence-corrected chi connectivity index (χ4v) is 1.97. The van der Waals surface area contributed by atoms with Crippen molar-refractivity contribution in [2.45, 2.75) is 46.1 Å². The Morgan fingerprint density at radius 3 is 2.71 bits per heavy atom. The average molecular weight is 290 g/mol. The van der Waals surface area contributed by atoms with Gasteiger partial charge in [-0.15, -0.1) is 0 Å². The zero-order chi connectivity index (χ0) is 15.7. The molecule has 0 bridgehead atoms. The van der Waals surface area contributed by atoms with E-state index in [1.807, 2.05) is 39.0 Å². The second-order valence-corrected chi connectivity index (χ2v) is 5.16. The molecule has 0 fully saturated rings. The molecule has 1 unspecified atom stereocenters. The Kier molecular flexibility index (Phi) is 7.76. The van der Waals surface area contributed by atoms with E-state index < -0.39 is 0 Å². The van der Waals surface area contributed by atoms with Crippen LogP contribution in [0.2, 0.25) is 0 Å². The van der Waals surface area contributed by atoms with Crippen molar-refractivity contribution in [3.05, 3.63) is 42.0 Å². The van der Waals surface area contributed by atoms with Gasteiger partial charge in [-0.1, -0.05) is 43.3 Å². The van der Waals surface area contributed by atoms with Crippen molar-refractivity contribution in [1.82, 2.24) is 0 Å². The van der Waals surface area contributed by atoms with Gasteiger partial charge in [-0.2, -0.15) is 0 Å². The van der Waals surface area contributed by atoms with Crippen LogP contribution in [0, 0.1) is 0 Å². The van der Waals surface area contributed by atoms with Gasteiger partial charge in [0.15, 0.2) is 0 Å². The first-order valence-electron chi connectivity index (χ1n) is 7.58. The third-order valence-electron chi connectivity index (χ3n) is 3.30. The molecule has 0 radical (unpaired) electrons. The van der Waals surface area contributed by atoms with Gasteiger partial charge in [0.2, 0.25) is 0 Å². The van der Waals surface area contributed by atoms with Crippen LogP contribution in [0.5, 0.6) is 0 Å². The summed E-state index contributed by atoms with van der Waals surface area (Å²) < 4.78 is 10.7. The zero-order valence-corrected chi connectivity index (χ0v) is 13.4. The van der Waals surface area contributed by atoms with Crippen molar-refractivity contribution in [2.24, 2.45) is 0 Å². The van der Waals surface area contributed by atoms with Crippen LogP contribution in [0.1, 0.15) is 44.7 Å². The SMILES string of the molecule is C=C(C)c1cccc(CCC(=O)OC(CC)COCC)c1. The van der Waals surface area contributed by atoms with Crippen LogP contribution in [0.25, 0.3) is 5.57 Å². The van der Waals surface area contributed by atoms with Crippen LogP contribution < -0.4 is 0 Å². The first-order chi connectivity index (χ1) is 10.1. The number of rotatable bonds is 9. The molecule has 0 amide bonds. The number of carbonyl (C=O) groups is 1. The maximum Gasteiger partial charge on any atom is 0.306 e. The summed E-state index contributed by atoms with van der Waals surface area (Å²) in [6, 6.07) is 8.12.